The summed E-state index contributed by atoms with van der Waals surface area (Å²) in [6.45, 7) is 4.36. The number of nitrogens with zero attached hydrogens (tertiary/aromatic N) is 4. The molecule has 0 saturated carbocycles. The van der Waals surface area contributed by atoms with Crippen molar-refractivity contribution >= 4 is 0 Å². The molecule has 0 bridgehead atoms. The molecule has 4 heteroatoms. The topological polar surface area (TPSA) is 34.0 Å². The van der Waals surface area contributed by atoms with E-state index in [4.69, 9.17) is 0 Å². The van der Waals surface area contributed by atoms with Crippen molar-refractivity contribution in [3.63, 3.8) is 0 Å². The average molecular weight is 318 g/mol. The largest absolute Gasteiger partial charge is 0.296 e. The molecule has 4 rings (SSSR count). The molecule has 1 unspecified atom stereocenters. The minimum atomic E-state index is 0.669. The van der Waals surface area contributed by atoms with Gasteiger partial charge in [-0.25, -0.2) is 9.67 Å². The van der Waals surface area contributed by atoms with Crippen molar-refractivity contribution < 1.29 is 0 Å². The highest BCUT2D eigenvalue weighted by Crippen LogP contribution is 2.25. The highest BCUT2D eigenvalue weighted by atomic mass is 15.3. The second-order valence-electron chi connectivity index (χ2n) is 6.56. The van der Waals surface area contributed by atoms with Crippen molar-refractivity contribution in [1.82, 2.24) is 19.7 Å². The third-order valence-electron chi connectivity index (χ3n) is 4.89. The van der Waals surface area contributed by atoms with Gasteiger partial charge in [-0.2, -0.15) is 5.10 Å². The fraction of sp³-hybridized carbons (Fsp3) is 0.300. The molecule has 122 valence electrons. The van der Waals surface area contributed by atoms with Gasteiger partial charge in [-0.3, -0.25) is 4.90 Å². The Balaban J connectivity index is 1.43. The summed E-state index contributed by atoms with van der Waals surface area (Å²) in [4.78, 5) is 6.61. The van der Waals surface area contributed by atoms with Crippen molar-refractivity contribution in [3.8, 4) is 5.69 Å². The highest BCUT2D eigenvalue weighted by Gasteiger charge is 2.27. The number of hydrogen-bond acceptors (Lipinski definition) is 3. The molecule has 3 aromatic rings. The summed E-state index contributed by atoms with van der Waals surface area (Å²) in [5.41, 5.74) is 5.14. The third-order valence-corrected chi connectivity index (χ3v) is 4.89. The van der Waals surface area contributed by atoms with E-state index in [9.17, 15) is 0 Å². The number of rotatable bonds is 5. The Morgan fingerprint density at radius 3 is 2.62 bits per heavy atom. The smallest absolute Gasteiger partial charge is 0.138 e. The average Bonchev–Trinajstić information content (AvgIpc) is 3.12. The van der Waals surface area contributed by atoms with Gasteiger partial charge in [0, 0.05) is 19.1 Å². The molecule has 1 aromatic heterocycles. The van der Waals surface area contributed by atoms with E-state index < -0.39 is 0 Å². The second-order valence-corrected chi connectivity index (χ2v) is 6.56. The van der Waals surface area contributed by atoms with Crippen molar-refractivity contribution in [2.24, 2.45) is 0 Å². The molecular formula is C20H22N4. The van der Waals surface area contributed by atoms with Crippen LogP contribution in [0, 0.1) is 6.92 Å². The Morgan fingerprint density at radius 1 is 1.08 bits per heavy atom. The second kappa shape index (κ2) is 6.57. The Hall–Kier alpha value is -2.46. The first-order valence-electron chi connectivity index (χ1n) is 8.52. The first-order chi connectivity index (χ1) is 11.8. The van der Waals surface area contributed by atoms with Crippen LogP contribution in [0.3, 0.4) is 0 Å². The van der Waals surface area contributed by atoms with Crippen LogP contribution in [0.15, 0.2) is 61.2 Å². The van der Waals surface area contributed by atoms with Gasteiger partial charge in [0.2, 0.25) is 0 Å². The lowest BCUT2D eigenvalue weighted by Gasteiger charge is -2.41. The summed E-state index contributed by atoms with van der Waals surface area (Å²) in [7, 11) is 0. The molecule has 0 amide bonds. The van der Waals surface area contributed by atoms with Gasteiger partial charge >= 0.3 is 0 Å². The van der Waals surface area contributed by atoms with Gasteiger partial charge in [0.15, 0.2) is 0 Å². The fourth-order valence-corrected chi connectivity index (χ4v) is 3.46. The molecule has 0 N–H and O–H groups in total. The van der Waals surface area contributed by atoms with E-state index in [2.05, 4.69) is 70.4 Å². The van der Waals surface area contributed by atoms with Crippen molar-refractivity contribution in [2.75, 3.05) is 6.54 Å². The molecule has 4 nitrogen and oxygen atoms in total. The molecular weight excluding hydrogens is 296 g/mol. The van der Waals surface area contributed by atoms with Crippen LogP contribution < -0.4 is 0 Å². The van der Waals surface area contributed by atoms with E-state index in [1.54, 1.807) is 12.7 Å². The lowest BCUT2D eigenvalue weighted by atomic mass is 9.94. The van der Waals surface area contributed by atoms with Crippen LogP contribution in [0.25, 0.3) is 5.69 Å². The third kappa shape index (κ3) is 3.10. The monoisotopic (exact) mass is 318 g/mol. The quantitative estimate of drug-likeness (QED) is 0.723. The Kier molecular flexibility index (Phi) is 4.13. The van der Waals surface area contributed by atoms with Crippen LogP contribution in [-0.4, -0.2) is 32.3 Å². The number of benzene rings is 2. The summed E-state index contributed by atoms with van der Waals surface area (Å²) >= 11 is 0. The maximum atomic E-state index is 4.22. The van der Waals surface area contributed by atoms with Gasteiger partial charge < -0.3 is 0 Å². The molecule has 1 saturated heterocycles. The molecule has 0 aliphatic carbocycles. The summed E-state index contributed by atoms with van der Waals surface area (Å²) in [6, 6.07) is 18.1. The lowest BCUT2D eigenvalue weighted by Crippen LogP contribution is -2.48. The van der Waals surface area contributed by atoms with Gasteiger partial charge in [0.05, 0.1) is 5.69 Å². The van der Waals surface area contributed by atoms with Crippen molar-refractivity contribution in [2.45, 2.75) is 32.4 Å². The van der Waals surface area contributed by atoms with E-state index in [0.29, 0.717) is 6.04 Å². The molecule has 2 heterocycles. The highest BCUT2D eigenvalue weighted by molar-refractivity contribution is 5.41. The molecule has 0 spiro atoms. The maximum Gasteiger partial charge on any atom is 0.138 e. The standard InChI is InChI=1S/C20H22N4/c1-16-11-18(7-8-20(16)24-15-21-14-22-24)13-23-10-9-19(23)12-17-5-3-2-4-6-17/h2-8,11,14-15,19H,9-10,12-13H2,1H3. The molecule has 1 atom stereocenters. The number of hydrogen-bond donors (Lipinski definition) is 0. The summed E-state index contributed by atoms with van der Waals surface area (Å²) < 4.78 is 1.82. The maximum absolute atomic E-state index is 4.22. The molecule has 24 heavy (non-hydrogen) atoms. The molecule has 1 aliphatic heterocycles. The predicted octanol–water partition coefficient (Wildman–Crippen LogP) is 3.39. The van der Waals surface area contributed by atoms with E-state index in [-0.39, 0.29) is 0 Å². The Bertz CT molecular complexity index is 796. The zero-order valence-corrected chi connectivity index (χ0v) is 14.0. The summed E-state index contributed by atoms with van der Waals surface area (Å²) in [6.07, 6.45) is 5.76. The van der Waals surface area contributed by atoms with Crippen LogP contribution in [0.1, 0.15) is 23.1 Å². The van der Waals surface area contributed by atoms with Crippen molar-refractivity contribution in [1.29, 1.82) is 0 Å². The van der Waals surface area contributed by atoms with E-state index in [0.717, 1.165) is 18.7 Å². The fourth-order valence-electron chi connectivity index (χ4n) is 3.46. The van der Waals surface area contributed by atoms with E-state index in [1.165, 1.54) is 29.7 Å². The SMILES string of the molecule is Cc1cc(CN2CCC2Cc2ccccc2)ccc1-n1cncn1. The van der Waals surface area contributed by atoms with Gasteiger partial charge in [-0.05, 0) is 42.5 Å². The van der Waals surface area contributed by atoms with Gasteiger partial charge in [0.1, 0.15) is 12.7 Å². The minimum Gasteiger partial charge on any atom is -0.296 e. The molecule has 1 aliphatic rings. The van der Waals surface area contributed by atoms with E-state index in [1.807, 2.05) is 4.68 Å². The lowest BCUT2D eigenvalue weighted by molar-refractivity contribution is 0.0821. The zero-order chi connectivity index (χ0) is 16.4. The molecule has 1 fully saturated rings. The Morgan fingerprint density at radius 2 is 1.96 bits per heavy atom. The van der Waals surface area contributed by atoms with Gasteiger partial charge in [-0.15, -0.1) is 0 Å². The first-order valence-corrected chi connectivity index (χ1v) is 8.52. The van der Waals surface area contributed by atoms with Gasteiger partial charge in [0.25, 0.3) is 0 Å². The Labute approximate surface area is 142 Å². The van der Waals surface area contributed by atoms with Crippen molar-refractivity contribution in [3.05, 3.63) is 77.9 Å². The van der Waals surface area contributed by atoms with Gasteiger partial charge in [-0.1, -0.05) is 42.5 Å². The number of likely N-dealkylation sites (tertiary alicyclic amines) is 1. The van der Waals surface area contributed by atoms with E-state index >= 15 is 0 Å². The summed E-state index contributed by atoms with van der Waals surface area (Å²) in [5.74, 6) is 0. The van der Waals surface area contributed by atoms with Crippen LogP contribution in [0.5, 0.6) is 0 Å². The molecule has 0 radical (unpaired) electrons. The first kappa shape index (κ1) is 15.1. The van der Waals surface area contributed by atoms with Crippen LogP contribution in [-0.2, 0) is 13.0 Å². The summed E-state index contributed by atoms with van der Waals surface area (Å²) in [5, 5.41) is 4.22. The normalized spacial score (nSPS) is 17.6. The number of aromatic nitrogens is 3. The van der Waals surface area contributed by atoms with Crippen LogP contribution >= 0.6 is 0 Å². The van der Waals surface area contributed by atoms with Crippen LogP contribution in [0.2, 0.25) is 0 Å². The number of aryl methyl sites for hydroxylation is 1. The van der Waals surface area contributed by atoms with Crippen LogP contribution in [0.4, 0.5) is 0 Å². The zero-order valence-electron chi connectivity index (χ0n) is 14.0. The minimum absolute atomic E-state index is 0.669. The molecule has 2 aromatic carbocycles. The predicted molar refractivity (Wildman–Crippen MR) is 95.1 cm³/mol.